The summed E-state index contributed by atoms with van der Waals surface area (Å²) in [5, 5.41) is 6.72. The third kappa shape index (κ3) is 2.21. The zero-order chi connectivity index (χ0) is 21.3. The smallest absolute Gasteiger partial charge is 0.248 e. The molecule has 0 bridgehead atoms. The lowest BCUT2D eigenvalue weighted by Crippen LogP contribution is -2.72. The number of para-hydroxylation sites is 1. The molecule has 4 heterocycles. The molecule has 1 aromatic carbocycles. The number of nitrogens with two attached hydrogens (primary N) is 1. The molecule has 5 rings (SSSR count). The molecule has 4 aliphatic heterocycles. The van der Waals surface area contributed by atoms with Crippen molar-refractivity contribution in [1.82, 2.24) is 15.1 Å². The van der Waals surface area contributed by atoms with E-state index in [0.717, 1.165) is 16.8 Å². The molecule has 158 valence electrons. The highest BCUT2D eigenvalue weighted by molar-refractivity contribution is 5.99. The van der Waals surface area contributed by atoms with Crippen molar-refractivity contribution in [3.05, 3.63) is 53.6 Å². The van der Waals surface area contributed by atoms with E-state index < -0.39 is 23.3 Å². The number of piperazine rings is 1. The first kappa shape index (κ1) is 19.3. The van der Waals surface area contributed by atoms with Gasteiger partial charge in [0.25, 0.3) is 0 Å². The van der Waals surface area contributed by atoms with Crippen LogP contribution in [-0.2, 0) is 19.7 Å². The van der Waals surface area contributed by atoms with Gasteiger partial charge in [-0.3, -0.25) is 25.5 Å². The molecule has 0 spiro atoms. The van der Waals surface area contributed by atoms with Gasteiger partial charge in [0.05, 0.1) is 5.41 Å². The second-order valence-corrected chi connectivity index (χ2v) is 8.48. The third-order valence-electron chi connectivity index (χ3n) is 7.20. The molecule has 0 aliphatic carbocycles. The molecule has 30 heavy (non-hydrogen) atoms. The fraction of sp³-hybridized carbons (Fsp3) is 0.455. The lowest BCUT2D eigenvalue weighted by atomic mass is 9.69. The summed E-state index contributed by atoms with van der Waals surface area (Å²) in [5.41, 5.74) is 9.22. The Morgan fingerprint density at radius 3 is 2.77 bits per heavy atom. The lowest BCUT2D eigenvalue weighted by molar-refractivity contribution is -0.161. The molecule has 4 N–H and O–H groups in total. The van der Waals surface area contributed by atoms with Crippen LogP contribution in [0.5, 0.6) is 0 Å². The summed E-state index contributed by atoms with van der Waals surface area (Å²) < 4.78 is 5.44. The molecule has 8 heteroatoms. The number of benzene rings is 1. The van der Waals surface area contributed by atoms with Gasteiger partial charge in [0, 0.05) is 26.4 Å². The number of methoxy groups -OCH3 is 1. The summed E-state index contributed by atoms with van der Waals surface area (Å²) in [6.07, 6.45) is 6.25. The highest BCUT2D eigenvalue weighted by Gasteiger charge is 2.71. The maximum atomic E-state index is 13.4. The molecular weight excluding hydrogens is 382 g/mol. The Kier molecular flexibility index (Phi) is 4.12. The number of fused-ring (bicyclic) bond motifs is 5. The van der Waals surface area contributed by atoms with Gasteiger partial charge in [-0.2, -0.15) is 0 Å². The van der Waals surface area contributed by atoms with E-state index in [4.69, 9.17) is 10.5 Å². The average Bonchev–Trinajstić information content (AvgIpc) is 3.00. The molecule has 0 aromatic heterocycles. The monoisotopic (exact) mass is 409 g/mol. The van der Waals surface area contributed by atoms with E-state index in [2.05, 4.69) is 16.7 Å². The number of anilines is 1. The van der Waals surface area contributed by atoms with E-state index in [1.807, 2.05) is 36.4 Å². The van der Waals surface area contributed by atoms with Gasteiger partial charge in [0.15, 0.2) is 5.79 Å². The highest BCUT2D eigenvalue weighted by Crippen LogP contribution is 2.59. The molecule has 1 aromatic rings. The fourth-order valence-electron chi connectivity index (χ4n) is 5.54. The molecule has 1 unspecified atom stereocenters. The number of rotatable bonds is 2. The Balaban J connectivity index is 1.73. The Bertz CT molecular complexity index is 991. The summed E-state index contributed by atoms with van der Waals surface area (Å²) >= 11 is 0. The SMILES string of the molecule is COC1C=CC([C@]23C[C@H]4C(=O)N(C)[C@@H](C)C(=O)N4[C@@]2(N)Nc2ccccc23)=CCN1. The van der Waals surface area contributed by atoms with Crippen molar-refractivity contribution < 1.29 is 14.3 Å². The summed E-state index contributed by atoms with van der Waals surface area (Å²) in [7, 11) is 3.33. The van der Waals surface area contributed by atoms with Crippen LogP contribution in [-0.4, -0.2) is 66.4 Å². The zero-order valence-electron chi connectivity index (χ0n) is 17.4. The number of allylic oxidation sites excluding steroid dienone is 1. The minimum Gasteiger partial charge on any atom is -0.363 e. The molecular formula is C22H27N5O3. The zero-order valence-corrected chi connectivity index (χ0v) is 17.4. The van der Waals surface area contributed by atoms with E-state index in [9.17, 15) is 9.59 Å². The first-order chi connectivity index (χ1) is 14.3. The number of amides is 2. The summed E-state index contributed by atoms with van der Waals surface area (Å²) in [6.45, 7) is 2.34. The number of carbonyl (C=O) groups is 2. The number of nitrogens with zero attached hydrogens (tertiary/aromatic N) is 2. The Morgan fingerprint density at radius 2 is 2.00 bits per heavy atom. The predicted molar refractivity (Wildman–Crippen MR) is 112 cm³/mol. The number of nitrogens with one attached hydrogen (secondary N) is 2. The van der Waals surface area contributed by atoms with Crippen LogP contribution >= 0.6 is 0 Å². The van der Waals surface area contributed by atoms with Crippen LogP contribution in [0.3, 0.4) is 0 Å². The Labute approximate surface area is 175 Å². The average molecular weight is 409 g/mol. The molecule has 5 atom stereocenters. The number of carbonyl (C=O) groups excluding carboxylic acids is 2. The van der Waals surface area contributed by atoms with E-state index in [1.165, 1.54) is 4.90 Å². The van der Waals surface area contributed by atoms with E-state index >= 15 is 0 Å². The lowest BCUT2D eigenvalue weighted by Gasteiger charge is -2.47. The van der Waals surface area contributed by atoms with Gasteiger partial charge in [-0.15, -0.1) is 0 Å². The summed E-state index contributed by atoms with van der Waals surface area (Å²) in [6, 6.07) is 6.75. The van der Waals surface area contributed by atoms with Crippen LogP contribution in [0.4, 0.5) is 5.69 Å². The van der Waals surface area contributed by atoms with Crippen molar-refractivity contribution in [3.8, 4) is 0 Å². The van der Waals surface area contributed by atoms with Gasteiger partial charge in [0.1, 0.15) is 18.3 Å². The Morgan fingerprint density at radius 1 is 1.23 bits per heavy atom. The number of hydrogen-bond donors (Lipinski definition) is 3. The maximum Gasteiger partial charge on any atom is 0.248 e. The van der Waals surface area contributed by atoms with Gasteiger partial charge >= 0.3 is 0 Å². The first-order valence-corrected chi connectivity index (χ1v) is 10.3. The van der Waals surface area contributed by atoms with E-state index in [-0.39, 0.29) is 18.0 Å². The maximum absolute atomic E-state index is 13.4. The Hall–Kier alpha value is -2.68. The topological polar surface area (TPSA) is 99.9 Å². The van der Waals surface area contributed by atoms with Gasteiger partial charge < -0.3 is 15.0 Å². The fourth-order valence-corrected chi connectivity index (χ4v) is 5.54. The minimum atomic E-state index is -1.24. The molecule has 8 nitrogen and oxygen atoms in total. The van der Waals surface area contributed by atoms with Crippen LogP contribution in [0.25, 0.3) is 0 Å². The van der Waals surface area contributed by atoms with Crippen LogP contribution in [0.1, 0.15) is 18.9 Å². The number of hydrogen-bond acceptors (Lipinski definition) is 6. The van der Waals surface area contributed by atoms with E-state index in [0.29, 0.717) is 13.0 Å². The standard InChI is InChI=1S/C22H27N5O3/c1-13-19(28)27-17(20(29)26(13)2)12-21(14-8-9-18(30-3)24-11-10-14)15-6-4-5-7-16(15)25-22(21,27)23/h4-10,13,17-18,24-25H,11-12,23H2,1-3H3/t13-,17-,18?,21-,22-/m0/s1. The van der Waals surface area contributed by atoms with Crippen LogP contribution in [0, 0.1) is 0 Å². The van der Waals surface area contributed by atoms with Crippen molar-refractivity contribution in [2.24, 2.45) is 5.73 Å². The normalized spacial score (nSPS) is 37.3. The second-order valence-electron chi connectivity index (χ2n) is 8.48. The van der Waals surface area contributed by atoms with Crippen molar-refractivity contribution in [2.75, 3.05) is 26.0 Å². The summed E-state index contributed by atoms with van der Waals surface area (Å²) in [5.74, 6) is -1.46. The number of likely N-dealkylation sites (N-methyl/N-ethyl adjacent to an activating group) is 1. The quantitative estimate of drug-likeness (QED) is 0.657. The summed E-state index contributed by atoms with van der Waals surface area (Å²) in [4.78, 5) is 29.7. The molecule has 0 radical (unpaired) electrons. The molecule has 2 amide bonds. The molecule has 0 saturated carbocycles. The molecule has 2 fully saturated rings. The van der Waals surface area contributed by atoms with Crippen LogP contribution in [0.15, 0.2) is 48.1 Å². The van der Waals surface area contributed by atoms with Crippen LogP contribution < -0.4 is 16.4 Å². The molecule has 4 aliphatic rings. The van der Waals surface area contributed by atoms with Gasteiger partial charge in [-0.1, -0.05) is 30.4 Å². The van der Waals surface area contributed by atoms with Crippen molar-refractivity contribution >= 4 is 17.5 Å². The second kappa shape index (κ2) is 6.41. The van der Waals surface area contributed by atoms with Crippen molar-refractivity contribution in [3.63, 3.8) is 0 Å². The predicted octanol–water partition coefficient (Wildman–Crippen LogP) is 0.482. The van der Waals surface area contributed by atoms with Gasteiger partial charge in [-0.25, -0.2) is 0 Å². The van der Waals surface area contributed by atoms with Gasteiger partial charge in [0.2, 0.25) is 11.8 Å². The van der Waals surface area contributed by atoms with Gasteiger partial charge in [-0.05, 0) is 36.6 Å². The minimum absolute atomic E-state index is 0.0777. The van der Waals surface area contributed by atoms with Crippen LogP contribution in [0.2, 0.25) is 0 Å². The van der Waals surface area contributed by atoms with Crippen molar-refractivity contribution in [2.45, 2.75) is 42.9 Å². The first-order valence-electron chi connectivity index (χ1n) is 10.3. The highest BCUT2D eigenvalue weighted by atomic mass is 16.5. The largest absolute Gasteiger partial charge is 0.363 e. The third-order valence-corrected chi connectivity index (χ3v) is 7.20. The number of ether oxygens (including phenoxy) is 1. The van der Waals surface area contributed by atoms with E-state index in [1.54, 1.807) is 26.0 Å². The molecule has 2 saturated heterocycles. The van der Waals surface area contributed by atoms with Crippen molar-refractivity contribution in [1.29, 1.82) is 0 Å².